The molecule has 132 valence electrons. The fourth-order valence-corrected chi connectivity index (χ4v) is 3.65. The predicted molar refractivity (Wildman–Crippen MR) is 108 cm³/mol. The van der Waals surface area contributed by atoms with Crippen LogP contribution in [-0.2, 0) is 11.5 Å². The Bertz CT molecular complexity index is 728. The summed E-state index contributed by atoms with van der Waals surface area (Å²) in [5.41, 5.74) is 1.52. The number of halogens is 2. The number of hydrogen-bond donors (Lipinski definition) is 0. The van der Waals surface area contributed by atoms with E-state index < -0.39 is 8.07 Å². The van der Waals surface area contributed by atoms with Crippen LogP contribution in [-0.4, -0.2) is 35.3 Å². The molecule has 0 aliphatic heterocycles. The Hall–Kier alpha value is -0.383. The van der Waals surface area contributed by atoms with Gasteiger partial charge in [-0.05, 0) is 54.0 Å². The molecule has 8 heteroatoms. The molecule has 0 N–H and O–H groups in total. The van der Waals surface area contributed by atoms with Crippen LogP contribution in [0.5, 0.6) is 6.01 Å². The molecule has 0 aromatic carbocycles. The molecule has 2 aromatic rings. The van der Waals surface area contributed by atoms with Gasteiger partial charge in [0.25, 0.3) is 0 Å². The highest BCUT2D eigenvalue weighted by atomic mass is 127. The molecule has 3 rings (SSSR count). The smallest absolute Gasteiger partial charge is 0.300 e. The average Bonchev–Trinajstić information content (AvgIpc) is 2.76. The van der Waals surface area contributed by atoms with Crippen molar-refractivity contribution >= 4 is 53.4 Å². The summed E-state index contributed by atoms with van der Waals surface area (Å²) in [4.78, 5) is 9.16. The lowest BCUT2D eigenvalue weighted by atomic mass is 9.96. The van der Waals surface area contributed by atoms with E-state index >= 15 is 0 Å². The highest BCUT2D eigenvalue weighted by molar-refractivity contribution is 14.1. The van der Waals surface area contributed by atoms with E-state index in [0.717, 1.165) is 40.4 Å². The van der Waals surface area contributed by atoms with Crippen LogP contribution < -0.4 is 4.74 Å². The maximum absolute atomic E-state index is 6.18. The topological polar surface area (TPSA) is 49.2 Å². The molecule has 0 atom stereocenters. The molecular formula is C16H23ClIN3O2Si. The first-order valence-electron chi connectivity index (χ1n) is 8.30. The fourth-order valence-electron chi connectivity index (χ4n) is 2.36. The van der Waals surface area contributed by atoms with Crippen molar-refractivity contribution in [3.8, 4) is 6.01 Å². The molecule has 0 unspecified atom stereocenters. The molecule has 2 heterocycles. The van der Waals surface area contributed by atoms with Crippen molar-refractivity contribution in [2.24, 2.45) is 0 Å². The number of hydrogen-bond acceptors (Lipinski definition) is 4. The minimum atomic E-state index is -1.10. The molecule has 1 aliphatic rings. The fraction of sp³-hybridized carbons (Fsp3) is 0.625. The summed E-state index contributed by atoms with van der Waals surface area (Å²) in [7, 11) is -1.10. The summed E-state index contributed by atoms with van der Waals surface area (Å²) in [5.74, 6) is 0. The molecule has 1 aliphatic carbocycles. The van der Waals surface area contributed by atoms with Gasteiger partial charge in [0, 0.05) is 14.7 Å². The summed E-state index contributed by atoms with van der Waals surface area (Å²) >= 11 is 8.32. The van der Waals surface area contributed by atoms with Gasteiger partial charge in [0.1, 0.15) is 22.1 Å². The minimum Gasteiger partial charge on any atom is -0.461 e. The van der Waals surface area contributed by atoms with E-state index in [1.165, 1.54) is 6.42 Å². The SMILES string of the molecule is C[Si](C)(C)CCOCn1c(OC2CCC2)nc2cc(Cl)c(I)nc21. The maximum atomic E-state index is 6.18. The third-order valence-electron chi connectivity index (χ3n) is 4.14. The highest BCUT2D eigenvalue weighted by Crippen LogP contribution is 2.29. The van der Waals surface area contributed by atoms with Gasteiger partial charge in [-0.2, -0.15) is 4.98 Å². The predicted octanol–water partition coefficient (Wildman–Crippen LogP) is 4.93. The van der Waals surface area contributed by atoms with Crippen molar-refractivity contribution < 1.29 is 9.47 Å². The van der Waals surface area contributed by atoms with Crippen molar-refractivity contribution in [3.05, 3.63) is 14.8 Å². The van der Waals surface area contributed by atoms with E-state index in [1.807, 2.05) is 10.6 Å². The largest absolute Gasteiger partial charge is 0.461 e. The van der Waals surface area contributed by atoms with Gasteiger partial charge in [-0.3, -0.25) is 4.57 Å². The number of imidazole rings is 1. The van der Waals surface area contributed by atoms with E-state index in [-0.39, 0.29) is 6.10 Å². The van der Waals surface area contributed by atoms with Gasteiger partial charge < -0.3 is 9.47 Å². The first-order chi connectivity index (χ1) is 11.3. The first kappa shape index (κ1) is 18.4. The Morgan fingerprint density at radius 1 is 1.33 bits per heavy atom. The molecule has 0 amide bonds. The summed E-state index contributed by atoms with van der Waals surface area (Å²) in [6.45, 7) is 8.21. The summed E-state index contributed by atoms with van der Waals surface area (Å²) in [6.07, 6.45) is 3.66. The van der Waals surface area contributed by atoms with Crippen LogP contribution in [0.1, 0.15) is 19.3 Å². The zero-order chi connectivity index (χ0) is 17.3. The zero-order valence-electron chi connectivity index (χ0n) is 14.3. The van der Waals surface area contributed by atoms with E-state index in [0.29, 0.717) is 17.8 Å². The number of ether oxygens (including phenoxy) is 2. The number of nitrogens with zero attached hydrogens (tertiary/aromatic N) is 3. The molecule has 24 heavy (non-hydrogen) atoms. The summed E-state index contributed by atoms with van der Waals surface area (Å²) in [5, 5.41) is 0.614. The van der Waals surface area contributed by atoms with Crippen LogP contribution in [0.3, 0.4) is 0 Å². The second-order valence-electron chi connectivity index (χ2n) is 7.44. The van der Waals surface area contributed by atoms with E-state index in [1.54, 1.807) is 0 Å². The van der Waals surface area contributed by atoms with Crippen molar-refractivity contribution in [3.63, 3.8) is 0 Å². The first-order valence-corrected chi connectivity index (χ1v) is 13.5. The standard InChI is InChI=1S/C16H23ClIN3O2Si/c1-24(2,3)8-7-22-10-21-15-13(9-12(17)14(18)20-15)19-16(21)23-11-5-4-6-11/h9,11H,4-8,10H2,1-3H3. The monoisotopic (exact) mass is 479 g/mol. The molecule has 0 saturated heterocycles. The molecule has 2 aromatic heterocycles. The molecule has 0 spiro atoms. The second kappa shape index (κ2) is 7.47. The minimum absolute atomic E-state index is 0.261. The maximum Gasteiger partial charge on any atom is 0.300 e. The summed E-state index contributed by atoms with van der Waals surface area (Å²) < 4.78 is 14.6. The molecule has 5 nitrogen and oxygen atoms in total. The van der Waals surface area contributed by atoms with Gasteiger partial charge in [0.2, 0.25) is 0 Å². The van der Waals surface area contributed by atoms with Crippen molar-refractivity contribution in [2.45, 2.75) is 57.8 Å². The van der Waals surface area contributed by atoms with E-state index in [2.05, 4.69) is 52.2 Å². The lowest BCUT2D eigenvalue weighted by Crippen LogP contribution is -2.26. The number of pyridine rings is 1. The Morgan fingerprint density at radius 2 is 2.08 bits per heavy atom. The molecule has 1 saturated carbocycles. The Morgan fingerprint density at radius 3 is 2.71 bits per heavy atom. The van der Waals surface area contributed by atoms with Crippen LogP contribution in [0, 0.1) is 3.70 Å². The molecule has 0 bridgehead atoms. The quantitative estimate of drug-likeness (QED) is 0.244. The van der Waals surface area contributed by atoms with Crippen LogP contribution >= 0.6 is 34.2 Å². The zero-order valence-corrected chi connectivity index (χ0v) is 18.2. The van der Waals surface area contributed by atoms with Gasteiger partial charge >= 0.3 is 6.01 Å². The summed E-state index contributed by atoms with van der Waals surface area (Å²) in [6, 6.07) is 3.57. The van der Waals surface area contributed by atoms with Crippen molar-refractivity contribution in [1.29, 1.82) is 0 Å². The number of aromatic nitrogens is 3. The van der Waals surface area contributed by atoms with Gasteiger partial charge in [-0.15, -0.1) is 0 Å². The van der Waals surface area contributed by atoms with E-state index in [9.17, 15) is 0 Å². The van der Waals surface area contributed by atoms with Crippen molar-refractivity contribution in [2.75, 3.05) is 6.61 Å². The molecule has 1 fully saturated rings. The van der Waals surface area contributed by atoms with Gasteiger partial charge in [-0.1, -0.05) is 31.2 Å². The molecular weight excluding hydrogens is 457 g/mol. The van der Waals surface area contributed by atoms with Crippen LogP contribution in [0.15, 0.2) is 6.07 Å². The third-order valence-corrected chi connectivity index (χ3v) is 7.27. The van der Waals surface area contributed by atoms with E-state index in [4.69, 9.17) is 21.1 Å². The average molecular weight is 480 g/mol. The Balaban J connectivity index is 1.81. The lowest BCUT2D eigenvalue weighted by Gasteiger charge is -2.25. The number of fused-ring (bicyclic) bond motifs is 1. The Kier molecular flexibility index (Phi) is 5.73. The number of rotatable bonds is 7. The Labute approximate surface area is 162 Å². The highest BCUT2D eigenvalue weighted by Gasteiger charge is 2.24. The van der Waals surface area contributed by atoms with Gasteiger partial charge in [-0.25, -0.2) is 4.98 Å². The van der Waals surface area contributed by atoms with Crippen LogP contribution in [0.4, 0.5) is 0 Å². The molecule has 0 radical (unpaired) electrons. The van der Waals surface area contributed by atoms with Gasteiger partial charge in [0.05, 0.1) is 5.02 Å². The van der Waals surface area contributed by atoms with Crippen LogP contribution in [0.2, 0.25) is 30.7 Å². The third kappa shape index (κ3) is 4.42. The van der Waals surface area contributed by atoms with Crippen LogP contribution in [0.25, 0.3) is 11.2 Å². The normalized spacial score (nSPS) is 15.7. The van der Waals surface area contributed by atoms with Crippen molar-refractivity contribution in [1.82, 2.24) is 14.5 Å². The lowest BCUT2D eigenvalue weighted by molar-refractivity contribution is 0.0613. The van der Waals surface area contributed by atoms with Gasteiger partial charge in [0.15, 0.2) is 5.65 Å². The second-order valence-corrected chi connectivity index (χ2v) is 14.5.